The van der Waals surface area contributed by atoms with Crippen LogP contribution in [0.5, 0.6) is 0 Å². The van der Waals surface area contributed by atoms with Crippen LogP contribution < -0.4 is 5.32 Å². The van der Waals surface area contributed by atoms with Crippen molar-refractivity contribution in [2.24, 2.45) is 0 Å². The largest absolute Gasteiger partial charge is 0.339 e. The molecule has 0 atom stereocenters. The zero-order valence-electron chi connectivity index (χ0n) is 11.8. The summed E-state index contributed by atoms with van der Waals surface area (Å²) in [5.74, 6) is -0.00168. The number of carbonyl (C=O) groups is 1. The SMILES string of the molecule is CNCC(=O)N1CCN(S(=O)(=O)c2ccc(Br)cc2)CC1. The van der Waals surface area contributed by atoms with Crippen LogP contribution in [-0.4, -0.2) is 63.3 Å². The first-order chi connectivity index (χ1) is 9.95. The third kappa shape index (κ3) is 3.82. The Morgan fingerprint density at radius 2 is 1.76 bits per heavy atom. The smallest absolute Gasteiger partial charge is 0.243 e. The maximum atomic E-state index is 12.5. The predicted molar refractivity (Wildman–Crippen MR) is 83.4 cm³/mol. The molecule has 1 N–H and O–H groups in total. The summed E-state index contributed by atoms with van der Waals surface area (Å²) in [6.45, 7) is 1.79. The average Bonchev–Trinajstić information content (AvgIpc) is 2.48. The molecule has 1 aromatic rings. The maximum absolute atomic E-state index is 12.5. The highest BCUT2D eigenvalue weighted by molar-refractivity contribution is 9.10. The molecule has 1 aliphatic rings. The van der Waals surface area contributed by atoms with Crippen molar-refractivity contribution in [2.45, 2.75) is 4.90 Å². The minimum atomic E-state index is -3.48. The van der Waals surface area contributed by atoms with Gasteiger partial charge in [0.15, 0.2) is 0 Å². The van der Waals surface area contributed by atoms with Gasteiger partial charge < -0.3 is 10.2 Å². The standard InChI is InChI=1S/C13H18BrN3O3S/c1-15-10-13(18)16-6-8-17(9-7-16)21(19,20)12-4-2-11(14)3-5-12/h2-5,15H,6-10H2,1H3. The summed E-state index contributed by atoms with van der Waals surface area (Å²) >= 11 is 3.29. The van der Waals surface area contributed by atoms with Crippen LogP contribution in [0, 0.1) is 0 Å². The Labute approximate surface area is 133 Å². The highest BCUT2D eigenvalue weighted by Gasteiger charge is 2.29. The van der Waals surface area contributed by atoms with Crippen molar-refractivity contribution < 1.29 is 13.2 Å². The first kappa shape index (κ1) is 16.4. The number of amides is 1. The number of rotatable bonds is 4. The molecule has 0 radical (unpaired) electrons. The molecule has 0 unspecified atom stereocenters. The Bertz CT molecular complexity index is 596. The fourth-order valence-corrected chi connectivity index (χ4v) is 3.88. The second-order valence-electron chi connectivity index (χ2n) is 4.77. The number of nitrogens with zero attached hydrogens (tertiary/aromatic N) is 2. The summed E-state index contributed by atoms with van der Waals surface area (Å²) < 4.78 is 27.3. The van der Waals surface area contributed by atoms with Crippen LogP contribution in [0.4, 0.5) is 0 Å². The molecule has 116 valence electrons. The molecule has 0 saturated carbocycles. The molecule has 1 aromatic carbocycles. The van der Waals surface area contributed by atoms with Gasteiger partial charge in [0.1, 0.15) is 0 Å². The number of hydrogen-bond acceptors (Lipinski definition) is 4. The third-order valence-corrected chi connectivity index (χ3v) is 5.81. The highest BCUT2D eigenvalue weighted by Crippen LogP contribution is 2.20. The fraction of sp³-hybridized carbons (Fsp3) is 0.462. The van der Waals surface area contributed by atoms with Gasteiger partial charge in [0.25, 0.3) is 0 Å². The molecular weight excluding hydrogens is 358 g/mol. The molecule has 1 heterocycles. The van der Waals surface area contributed by atoms with E-state index < -0.39 is 10.0 Å². The van der Waals surface area contributed by atoms with E-state index in [0.29, 0.717) is 26.2 Å². The fourth-order valence-electron chi connectivity index (χ4n) is 2.20. The number of hydrogen-bond donors (Lipinski definition) is 1. The van der Waals surface area contributed by atoms with E-state index in [-0.39, 0.29) is 17.3 Å². The van der Waals surface area contributed by atoms with Crippen molar-refractivity contribution in [3.63, 3.8) is 0 Å². The molecule has 6 nitrogen and oxygen atoms in total. The third-order valence-electron chi connectivity index (χ3n) is 3.37. The van der Waals surface area contributed by atoms with Crippen LogP contribution in [-0.2, 0) is 14.8 Å². The van der Waals surface area contributed by atoms with Gasteiger partial charge in [0.2, 0.25) is 15.9 Å². The first-order valence-corrected chi connectivity index (χ1v) is 8.86. The van der Waals surface area contributed by atoms with Gasteiger partial charge in [-0.3, -0.25) is 4.79 Å². The van der Waals surface area contributed by atoms with Crippen molar-refractivity contribution >= 4 is 31.9 Å². The molecule has 1 amide bonds. The van der Waals surface area contributed by atoms with E-state index in [2.05, 4.69) is 21.2 Å². The van der Waals surface area contributed by atoms with Gasteiger partial charge in [0, 0.05) is 30.7 Å². The maximum Gasteiger partial charge on any atom is 0.243 e. The summed E-state index contributed by atoms with van der Waals surface area (Å²) in [5.41, 5.74) is 0. The zero-order chi connectivity index (χ0) is 15.5. The number of likely N-dealkylation sites (N-methyl/N-ethyl adjacent to an activating group) is 1. The van der Waals surface area contributed by atoms with Gasteiger partial charge in [0.05, 0.1) is 11.4 Å². The Balaban J connectivity index is 2.04. The molecule has 8 heteroatoms. The minimum Gasteiger partial charge on any atom is -0.339 e. The minimum absolute atomic E-state index is 0.00168. The molecule has 0 aromatic heterocycles. The van der Waals surface area contributed by atoms with Crippen molar-refractivity contribution in [1.29, 1.82) is 0 Å². The van der Waals surface area contributed by atoms with Crippen LogP contribution in [0.3, 0.4) is 0 Å². The Kier molecular flexibility index (Phi) is 5.37. The summed E-state index contributed by atoms with van der Waals surface area (Å²) in [6.07, 6.45) is 0. The average molecular weight is 376 g/mol. The lowest BCUT2D eigenvalue weighted by Crippen LogP contribution is -2.52. The van der Waals surface area contributed by atoms with Gasteiger partial charge in [-0.05, 0) is 31.3 Å². The molecule has 21 heavy (non-hydrogen) atoms. The van der Waals surface area contributed by atoms with Crippen LogP contribution in [0.2, 0.25) is 0 Å². The number of piperazine rings is 1. The second kappa shape index (κ2) is 6.87. The van der Waals surface area contributed by atoms with E-state index in [1.54, 1.807) is 36.2 Å². The van der Waals surface area contributed by atoms with E-state index in [0.717, 1.165) is 4.47 Å². The summed E-state index contributed by atoms with van der Waals surface area (Å²) in [7, 11) is -1.77. The molecule has 0 spiro atoms. The van der Waals surface area contributed by atoms with Crippen molar-refractivity contribution in [2.75, 3.05) is 39.8 Å². The number of nitrogens with one attached hydrogen (secondary N) is 1. The van der Waals surface area contributed by atoms with Gasteiger partial charge in [-0.25, -0.2) is 8.42 Å². The molecule has 2 rings (SSSR count). The monoisotopic (exact) mass is 375 g/mol. The molecule has 1 aliphatic heterocycles. The molecular formula is C13H18BrN3O3S. The van der Waals surface area contributed by atoms with E-state index in [1.807, 2.05) is 0 Å². The topological polar surface area (TPSA) is 69.7 Å². The number of halogens is 1. The van der Waals surface area contributed by atoms with Crippen molar-refractivity contribution in [3.8, 4) is 0 Å². The summed E-state index contributed by atoms with van der Waals surface area (Å²) in [6, 6.07) is 6.58. The van der Waals surface area contributed by atoms with E-state index in [4.69, 9.17) is 0 Å². The molecule has 0 aliphatic carbocycles. The first-order valence-electron chi connectivity index (χ1n) is 6.63. The predicted octanol–water partition coefficient (Wildman–Crippen LogP) is 0.501. The zero-order valence-corrected chi connectivity index (χ0v) is 14.2. The molecule has 1 saturated heterocycles. The van der Waals surface area contributed by atoms with E-state index in [9.17, 15) is 13.2 Å². The summed E-state index contributed by atoms with van der Waals surface area (Å²) in [5, 5.41) is 2.81. The number of benzene rings is 1. The Morgan fingerprint density at radius 3 is 2.29 bits per heavy atom. The van der Waals surface area contributed by atoms with E-state index in [1.165, 1.54) is 4.31 Å². The lowest BCUT2D eigenvalue weighted by atomic mass is 10.3. The second-order valence-corrected chi connectivity index (χ2v) is 7.62. The van der Waals surface area contributed by atoms with Crippen LogP contribution in [0.15, 0.2) is 33.6 Å². The van der Waals surface area contributed by atoms with Crippen molar-refractivity contribution in [1.82, 2.24) is 14.5 Å². The van der Waals surface area contributed by atoms with E-state index >= 15 is 0 Å². The number of carbonyl (C=O) groups excluding carboxylic acids is 1. The normalized spacial score (nSPS) is 17.0. The quantitative estimate of drug-likeness (QED) is 0.831. The molecule has 1 fully saturated rings. The lowest BCUT2D eigenvalue weighted by Gasteiger charge is -2.34. The van der Waals surface area contributed by atoms with Gasteiger partial charge in [-0.15, -0.1) is 0 Å². The Hall–Kier alpha value is -0.960. The lowest BCUT2D eigenvalue weighted by molar-refractivity contribution is -0.131. The highest BCUT2D eigenvalue weighted by atomic mass is 79.9. The number of sulfonamides is 1. The van der Waals surface area contributed by atoms with Crippen LogP contribution in [0.1, 0.15) is 0 Å². The summed E-state index contributed by atoms with van der Waals surface area (Å²) in [4.78, 5) is 13.7. The van der Waals surface area contributed by atoms with Gasteiger partial charge in [-0.1, -0.05) is 15.9 Å². The van der Waals surface area contributed by atoms with Crippen molar-refractivity contribution in [3.05, 3.63) is 28.7 Å². The Morgan fingerprint density at radius 1 is 1.19 bits per heavy atom. The van der Waals surface area contributed by atoms with Gasteiger partial charge in [-0.2, -0.15) is 4.31 Å². The van der Waals surface area contributed by atoms with Gasteiger partial charge >= 0.3 is 0 Å². The van der Waals surface area contributed by atoms with Crippen LogP contribution in [0.25, 0.3) is 0 Å². The van der Waals surface area contributed by atoms with Crippen LogP contribution >= 0.6 is 15.9 Å². The molecule has 0 bridgehead atoms.